The molecule has 6 nitrogen and oxygen atoms in total. The molecule has 5 rings (SSSR count). The first kappa shape index (κ1) is 21.9. The van der Waals surface area contributed by atoms with E-state index in [1.165, 1.54) is 0 Å². The number of para-hydroxylation sites is 1. The molecule has 6 heteroatoms. The van der Waals surface area contributed by atoms with Gasteiger partial charge in [0.25, 0.3) is 5.91 Å². The highest BCUT2D eigenvalue weighted by Gasteiger charge is 2.09. The van der Waals surface area contributed by atoms with Crippen molar-refractivity contribution in [3.8, 4) is 6.07 Å². The van der Waals surface area contributed by atoms with Crippen molar-refractivity contribution in [2.24, 2.45) is 5.10 Å². The number of benzene rings is 4. The maximum atomic E-state index is 12.4. The number of hydrogen-bond acceptors (Lipinski definition) is 4. The fraction of sp³-hybridized carbons (Fsp3) is 0.0690. The van der Waals surface area contributed by atoms with Crippen LogP contribution in [-0.2, 0) is 11.3 Å². The smallest absolute Gasteiger partial charge is 0.259 e. The van der Waals surface area contributed by atoms with E-state index in [-0.39, 0.29) is 12.5 Å². The van der Waals surface area contributed by atoms with Gasteiger partial charge in [0.05, 0.1) is 24.4 Å². The van der Waals surface area contributed by atoms with Crippen molar-refractivity contribution in [1.29, 1.82) is 5.26 Å². The molecule has 0 aliphatic carbocycles. The number of aromatic nitrogens is 1. The van der Waals surface area contributed by atoms with Crippen molar-refractivity contribution in [2.75, 3.05) is 11.9 Å². The fourth-order valence-corrected chi connectivity index (χ4v) is 4.23. The van der Waals surface area contributed by atoms with Crippen LogP contribution in [0.5, 0.6) is 0 Å². The van der Waals surface area contributed by atoms with Gasteiger partial charge in [0.1, 0.15) is 0 Å². The topological polar surface area (TPSA) is 82.2 Å². The molecule has 0 fully saturated rings. The number of nitrogens with one attached hydrogen (secondary N) is 2. The number of rotatable bonds is 7. The second-order valence-electron chi connectivity index (χ2n) is 8.17. The summed E-state index contributed by atoms with van der Waals surface area (Å²) in [5, 5.41) is 20.0. The first-order valence-corrected chi connectivity index (χ1v) is 11.3. The summed E-state index contributed by atoms with van der Waals surface area (Å²) in [4.78, 5) is 12.4. The van der Waals surface area contributed by atoms with E-state index in [1.807, 2.05) is 97.2 Å². The Morgan fingerprint density at radius 2 is 1.66 bits per heavy atom. The molecule has 5 aromatic rings. The van der Waals surface area contributed by atoms with Gasteiger partial charge in [-0.15, -0.1) is 0 Å². The number of nitriles is 1. The molecule has 0 bridgehead atoms. The van der Waals surface area contributed by atoms with E-state index in [0.29, 0.717) is 12.1 Å². The summed E-state index contributed by atoms with van der Waals surface area (Å²) in [6.45, 7) is 0.678. The zero-order valence-electron chi connectivity index (χ0n) is 19.0. The van der Waals surface area contributed by atoms with Crippen LogP contribution in [0.1, 0.15) is 16.7 Å². The van der Waals surface area contributed by atoms with Crippen molar-refractivity contribution in [2.45, 2.75) is 6.54 Å². The van der Waals surface area contributed by atoms with Gasteiger partial charge >= 0.3 is 0 Å². The van der Waals surface area contributed by atoms with Crippen molar-refractivity contribution >= 4 is 39.5 Å². The van der Waals surface area contributed by atoms with Crippen LogP contribution in [0.3, 0.4) is 0 Å². The normalized spacial score (nSPS) is 11.1. The largest absolute Gasteiger partial charge is 0.376 e. The minimum absolute atomic E-state index is 0.109. The van der Waals surface area contributed by atoms with E-state index in [1.54, 1.807) is 6.21 Å². The van der Waals surface area contributed by atoms with E-state index in [4.69, 9.17) is 0 Å². The molecule has 0 unspecified atom stereocenters. The molecule has 0 saturated heterocycles. The second kappa shape index (κ2) is 9.94. The predicted octanol–water partition coefficient (Wildman–Crippen LogP) is 5.28. The number of carbonyl (C=O) groups excluding carboxylic acids is 1. The van der Waals surface area contributed by atoms with Gasteiger partial charge in [0.15, 0.2) is 0 Å². The lowest BCUT2D eigenvalue weighted by atomic mass is 10.1. The van der Waals surface area contributed by atoms with Crippen LogP contribution in [-0.4, -0.2) is 23.2 Å². The minimum Gasteiger partial charge on any atom is -0.376 e. The highest BCUT2D eigenvalue weighted by atomic mass is 16.2. The summed E-state index contributed by atoms with van der Waals surface area (Å²) in [7, 11) is 0. The summed E-state index contributed by atoms with van der Waals surface area (Å²) in [6, 6.07) is 31.9. The Labute approximate surface area is 203 Å². The number of hydrazone groups is 1. The molecule has 0 saturated carbocycles. The Bertz CT molecular complexity index is 1590. The van der Waals surface area contributed by atoms with E-state index in [0.717, 1.165) is 38.5 Å². The Hall–Kier alpha value is -4.89. The Balaban J connectivity index is 1.29. The molecule has 170 valence electrons. The van der Waals surface area contributed by atoms with Crippen LogP contribution in [0.25, 0.3) is 21.7 Å². The maximum absolute atomic E-state index is 12.4. The maximum Gasteiger partial charge on any atom is 0.259 e. The molecular formula is C29H23N5O. The molecule has 0 atom stereocenters. The van der Waals surface area contributed by atoms with Gasteiger partial charge in [-0.25, -0.2) is 5.43 Å². The zero-order valence-corrected chi connectivity index (χ0v) is 19.0. The predicted molar refractivity (Wildman–Crippen MR) is 140 cm³/mol. The molecule has 35 heavy (non-hydrogen) atoms. The van der Waals surface area contributed by atoms with Crippen LogP contribution >= 0.6 is 0 Å². The van der Waals surface area contributed by atoms with Gasteiger partial charge in [-0.2, -0.15) is 10.4 Å². The third kappa shape index (κ3) is 4.75. The lowest BCUT2D eigenvalue weighted by molar-refractivity contribution is -0.119. The highest BCUT2D eigenvalue weighted by molar-refractivity contribution is 6.00. The van der Waals surface area contributed by atoms with Gasteiger partial charge in [-0.05, 0) is 29.1 Å². The monoisotopic (exact) mass is 457 g/mol. The quantitative estimate of drug-likeness (QED) is 0.258. The molecule has 0 radical (unpaired) electrons. The number of amides is 1. The van der Waals surface area contributed by atoms with Crippen molar-refractivity contribution in [1.82, 2.24) is 9.99 Å². The zero-order chi connectivity index (χ0) is 24.0. The van der Waals surface area contributed by atoms with Gasteiger partial charge in [-0.1, -0.05) is 72.8 Å². The summed E-state index contributed by atoms with van der Waals surface area (Å²) in [5.74, 6) is -0.235. The molecule has 1 aromatic heterocycles. The SMILES string of the molecule is N#Cc1ccccc1Cn1cc(/C=N\NC(=O)CNc2cccc3ccccc23)c2ccccc21. The molecular weight excluding hydrogens is 434 g/mol. The van der Waals surface area contributed by atoms with E-state index in [2.05, 4.69) is 26.5 Å². The van der Waals surface area contributed by atoms with Gasteiger partial charge < -0.3 is 9.88 Å². The van der Waals surface area contributed by atoms with Crippen molar-refractivity contribution in [3.05, 3.63) is 114 Å². The van der Waals surface area contributed by atoms with Crippen LogP contribution in [0, 0.1) is 11.3 Å². The van der Waals surface area contributed by atoms with Crippen LogP contribution < -0.4 is 10.7 Å². The molecule has 0 aliphatic rings. The van der Waals surface area contributed by atoms with E-state index >= 15 is 0 Å². The molecule has 0 aliphatic heterocycles. The number of hydrogen-bond donors (Lipinski definition) is 2. The first-order valence-electron chi connectivity index (χ1n) is 11.3. The highest BCUT2D eigenvalue weighted by Crippen LogP contribution is 2.23. The molecule has 0 spiro atoms. The minimum atomic E-state index is -0.235. The third-order valence-electron chi connectivity index (χ3n) is 5.92. The molecule has 1 heterocycles. The summed E-state index contributed by atoms with van der Waals surface area (Å²) >= 11 is 0. The number of carbonyl (C=O) groups is 1. The summed E-state index contributed by atoms with van der Waals surface area (Å²) < 4.78 is 2.09. The molecule has 4 aromatic carbocycles. The van der Waals surface area contributed by atoms with Crippen LogP contribution in [0.2, 0.25) is 0 Å². The Morgan fingerprint density at radius 3 is 2.54 bits per heavy atom. The average Bonchev–Trinajstić information content (AvgIpc) is 3.25. The van der Waals surface area contributed by atoms with Crippen molar-refractivity contribution < 1.29 is 4.79 Å². The van der Waals surface area contributed by atoms with Gasteiger partial charge in [-0.3, -0.25) is 4.79 Å². The van der Waals surface area contributed by atoms with E-state index < -0.39 is 0 Å². The average molecular weight is 458 g/mol. The first-order chi connectivity index (χ1) is 17.2. The number of anilines is 1. The van der Waals surface area contributed by atoms with Crippen molar-refractivity contribution in [3.63, 3.8) is 0 Å². The molecule has 2 N–H and O–H groups in total. The number of fused-ring (bicyclic) bond motifs is 2. The lowest BCUT2D eigenvalue weighted by Gasteiger charge is -2.08. The Kier molecular flexibility index (Phi) is 6.23. The third-order valence-corrected chi connectivity index (χ3v) is 5.92. The van der Waals surface area contributed by atoms with Gasteiger partial charge in [0, 0.05) is 40.3 Å². The molecule has 1 amide bonds. The standard InChI is InChI=1S/C29H23N5O/c30-16-22-9-1-2-10-23(22)19-34-20-24(26-13-5-6-15-28(26)34)17-32-33-29(35)18-31-27-14-7-11-21-8-3-4-12-25(21)27/h1-15,17,20,31H,18-19H2,(H,33,35)/b32-17-. The van der Waals surface area contributed by atoms with E-state index in [9.17, 15) is 10.1 Å². The fourth-order valence-electron chi connectivity index (χ4n) is 4.23. The lowest BCUT2D eigenvalue weighted by Crippen LogP contribution is -2.25. The summed E-state index contributed by atoms with van der Waals surface area (Å²) in [5.41, 5.74) is 7.04. The van der Waals surface area contributed by atoms with Crippen LogP contribution in [0.4, 0.5) is 5.69 Å². The Morgan fingerprint density at radius 1 is 0.914 bits per heavy atom. The van der Waals surface area contributed by atoms with Gasteiger partial charge in [0.2, 0.25) is 0 Å². The summed E-state index contributed by atoms with van der Waals surface area (Å²) in [6.07, 6.45) is 3.65. The second-order valence-corrected chi connectivity index (χ2v) is 8.17. The van der Waals surface area contributed by atoms with Crippen LogP contribution in [0.15, 0.2) is 102 Å². The number of nitrogens with zero attached hydrogens (tertiary/aromatic N) is 3.